The Balaban J connectivity index is 0.000000223. The van der Waals surface area contributed by atoms with E-state index in [1.807, 2.05) is 48.5 Å². The van der Waals surface area contributed by atoms with Crippen molar-refractivity contribution in [2.75, 3.05) is 0 Å². The average Bonchev–Trinajstić information content (AvgIpc) is 3.76. The predicted molar refractivity (Wildman–Crippen MR) is 205 cm³/mol. The quantitative estimate of drug-likeness (QED) is 0.163. The molecule has 12 heteroatoms. The van der Waals surface area contributed by atoms with Crippen LogP contribution in [-0.2, 0) is 17.1 Å². The Morgan fingerprint density at radius 2 is 0.620 bits per heavy atom. The molecule has 8 aromatic rings. The van der Waals surface area contributed by atoms with E-state index in [-0.39, 0.29) is 26.8 Å². The number of hydrogen-bond acceptors (Lipinski definition) is 6. The molecule has 0 aliphatic heterocycles. The summed E-state index contributed by atoms with van der Waals surface area (Å²) in [5.74, 6) is 0. The van der Waals surface area contributed by atoms with Crippen LogP contribution in [0.1, 0.15) is 0 Å². The smallest absolute Gasteiger partial charge is 0.144 e. The first-order chi connectivity index (χ1) is 24.1. The first kappa shape index (κ1) is 39.3. The van der Waals surface area contributed by atoms with Crippen LogP contribution in [0, 0.1) is 9.81 Å². The number of nitroso groups, excluding NO2 is 2. The Hall–Kier alpha value is -5.15. The largest absolute Gasteiger partial charge is 0.613 e. The van der Waals surface area contributed by atoms with Gasteiger partial charge in [0, 0.05) is 26.5 Å². The molecule has 0 fully saturated rings. The molecule has 0 saturated heterocycles. The third-order valence-corrected chi connectivity index (χ3v) is 13.1. The van der Waals surface area contributed by atoms with Gasteiger partial charge in [-0.15, -0.1) is 43.5 Å². The fourth-order valence-corrected chi connectivity index (χ4v) is 10.9. The Kier molecular flexibility index (Phi) is 16.0. The molecule has 0 N–H and O–H groups in total. The van der Waals surface area contributed by atoms with Crippen molar-refractivity contribution in [2.45, 2.75) is 0 Å². The molecule has 0 saturated carbocycles. The van der Waals surface area contributed by atoms with Gasteiger partial charge < -0.3 is 19.6 Å². The molecule has 0 aliphatic rings. The van der Waals surface area contributed by atoms with Gasteiger partial charge in [-0.25, -0.2) is 0 Å². The van der Waals surface area contributed by atoms with Crippen molar-refractivity contribution in [3.05, 3.63) is 199 Å². The normalized spacial score (nSPS) is 9.92. The van der Waals surface area contributed by atoms with Gasteiger partial charge in [-0.1, -0.05) is 109 Å². The van der Waals surface area contributed by atoms with Crippen LogP contribution in [0.15, 0.2) is 179 Å². The molecule has 0 unspecified atom stereocenters. The van der Waals surface area contributed by atoms with Gasteiger partial charge >= 0.3 is 0 Å². The summed E-state index contributed by atoms with van der Waals surface area (Å²) in [6.07, 6.45) is 0. The Bertz CT molecular complexity index is 1950. The Morgan fingerprint density at radius 3 is 0.880 bits per heavy atom. The second-order valence-electron chi connectivity index (χ2n) is 9.91. The zero-order valence-corrected chi connectivity index (χ0v) is 29.8. The van der Waals surface area contributed by atoms with Crippen LogP contribution in [0.25, 0.3) is 20.4 Å². The van der Waals surface area contributed by atoms with Gasteiger partial charge in [-0.3, -0.25) is 0 Å². The van der Waals surface area contributed by atoms with Gasteiger partial charge in [0.15, 0.2) is 0 Å². The van der Waals surface area contributed by atoms with E-state index in [1.165, 1.54) is 43.9 Å². The van der Waals surface area contributed by atoms with Gasteiger partial charge in [0.1, 0.15) is 49.4 Å². The number of rotatable bonds is 4. The van der Waals surface area contributed by atoms with Crippen LogP contribution in [0.4, 0.5) is 0 Å². The van der Waals surface area contributed by atoms with Crippen molar-refractivity contribution in [3.8, 4) is 0 Å². The second kappa shape index (κ2) is 20.4. The summed E-state index contributed by atoms with van der Waals surface area (Å²) in [6.45, 7) is 0. The van der Waals surface area contributed by atoms with E-state index in [9.17, 15) is 9.59 Å². The van der Waals surface area contributed by atoms with E-state index in [1.54, 1.807) is 0 Å². The number of thiazole rings is 2. The SMILES string of the molecule is O=c1[n-]c2ccccc2s1.O=c1[n-]c2ccccc2s1.[Fe].[N]=O.[N]=O.c1ccc([P+](c2ccccc2)(c2ccccc2)c2ccccc2)cc1. The molecule has 250 valence electrons. The molecule has 8 nitrogen and oxygen atoms in total. The molecular formula is C38H28FeN4O4PS2-. The maximum absolute atomic E-state index is 10.7. The molecule has 0 aliphatic carbocycles. The van der Waals surface area contributed by atoms with E-state index in [4.69, 9.17) is 21.0 Å². The van der Waals surface area contributed by atoms with E-state index in [2.05, 4.69) is 131 Å². The summed E-state index contributed by atoms with van der Waals surface area (Å²) in [5, 5.41) is 5.55. The standard InChI is InChI=1S/C24H20P.2C7H5NOS.Fe.2NO/c1-5-13-21(14-6-1)25(22-15-7-2-8-16-22,23-17-9-3-10-18-23)24-19-11-4-12-20-24;2*9-7-8-5-3-1-2-4-6(5)10-7;;2*1-2/h1-20H;2*1-4H,(H,8,9);;;/q+1;;;;;/p-2. The van der Waals surface area contributed by atoms with Crippen molar-refractivity contribution in [1.29, 1.82) is 0 Å². The molecule has 0 bridgehead atoms. The molecule has 2 heterocycles. The topological polar surface area (TPSA) is 141 Å². The maximum Gasteiger partial charge on any atom is 0.144 e. The molecule has 0 spiro atoms. The van der Waals surface area contributed by atoms with Crippen LogP contribution >= 0.6 is 29.9 Å². The van der Waals surface area contributed by atoms with Crippen molar-refractivity contribution < 1.29 is 17.1 Å². The van der Waals surface area contributed by atoms with Gasteiger partial charge in [-0.2, -0.15) is 0 Å². The van der Waals surface area contributed by atoms with Crippen molar-refractivity contribution in [3.63, 3.8) is 0 Å². The number of nitrogens with zero attached hydrogens (tertiary/aromatic N) is 4. The number of hydrogen-bond donors (Lipinski definition) is 0. The minimum absolute atomic E-state index is 0. The van der Waals surface area contributed by atoms with E-state index in [0.717, 1.165) is 20.4 Å². The average molecular weight is 756 g/mol. The zero-order chi connectivity index (χ0) is 34.9. The molecule has 8 rings (SSSR count). The van der Waals surface area contributed by atoms with Crippen LogP contribution in [0.5, 0.6) is 0 Å². The third kappa shape index (κ3) is 9.51. The third-order valence-electron chi connectivity index (χ3n) is 7.12. The predicted octanol–water partition coefficient (Wildman–Crippen LogP) is 5.85. The summed E-state index contributed by atoms with van der Waals surface area (Å²) >= 11 is 2.37. The first-order valence-corrected chi connectivity index (χ1v) is 18.1. The van der Waals surface area contributed by atoms with Crippen LogP contribution in [-0.4, -0.2) is 0 Å². The maximum atomic E-state index is 10.7. The van der Waals surface area contributed by atoms with Crippen molar-refractivity contribution in [1.82, 2.24) is 21.2 Å². The molecule has 50 heavy (non-hydrogen) atoms. The van der Waals surface area contributed by atoms with Gasteiger partial charge in [-0.05, 0) is 60.7 Å². The molecule has 6 aromatic carbocycles. The van der Waals surface area contributed by atoms with Crippen LogP contribution < -0.4 is 52.1 Å². The molecule has 2 aromatic heterocycles. The van der Waals surface area contributed by atoms with Gasteiger partial charge in [0.05, 0.1) is 0 Å². The zero-order valence-electron chi connectivity index (χ0n) is 26.2. The molecule has 2 radical (unpaired) electrons. The minimum Gasteiger partial charge on any atom is -0.613 e. The molecule has 0 atom stereocenters. The molecular weight excluding hydrogens is 727 g/mol. The van der Waals surface area contributed by atoms with Crippen LogP contribution in [0.2, 0.25) is 0 Å². The first-order valence-electron chi connectivity index (χ1n) is 14.7. The van der Waals surface area contributed by atoms with Crippen molar-refractivity contribution >= 4 is 71.6 Å². The summed E-state index contributed by atoms with van der Waals surface area (Å²) in [7, 11) is -1.91. The summed E-state index contributed by atoms with van der Waals surface area (Å²) < 4.78 is 1.93. The minimum atomic E-state index is -1.91. The fourth-order valence-electron chi connectivity index (χ4n) is 5.20. The summed E-state index contributed by atoms with van der Waals surface area (Å²) in [4.78, 5) is 43.2. The van der Waals surface area contributed by atoms with Gasteiger partial charge in [0.25, 0.3) is 0 Å². The number of para-hydroxylation sites is 2. The Labute approximate surface area is 307 Å². The second-order valence-corrected chi connectivity index (χ2v) is 15.3. The van der Waals surface area contributed by atoms with Crippen molar-refractivity contribution in [2.24, 2.45) is 0 Å². The number of aromatic nitrogens is 2. The summed E-state index contributed by atoms with van der Waals surface area (Å²) in [5.41, 5.74) is 13.1. The fraction of sp³-hybridized carbons (Fsp3) is 0. The number of fused-ring (bicyclic) bond motifs is 2. The van der Waals surface area contributed by atoms with Crippen LogP contribution in [0.3, 0.4) is 0 Å². The number of benzene rings is 6. The Morgan fingerprint density at radius 1 is 0.380 bits per heavy atom. The van der Waals surface area contributed by atoms with E-state index in [0.29, 0.717) is 0 Å². The summed E-state index contributed by atoms with van der Waals surface area (Å²) in [6, 6.07) is 58.9. The van der Waals surface area contributed by atoms with Gasteiger partial charge in [0.2, 0.25) is 0 Å². The van der Waals surface area contributed by atoms with E-state index < -0.39 is 7.26 Å². The monoisotopic (exact) mass is 755 g/mol. The molecule has 0 amide bonds. The van der Waals surface area contributed by atoms with E-state index >= 15 is 0 Å².